The van der Waals surface area contributed by atoms with Crippen molar-refractivity contribution >= 4 is 34.1 Å². The summed E-state index contributed by atoms with van der Waals surface area (Å²) in [6.45, 7) is 7.17. The van der Waals surface area contributed by atoms with Gasteiger partial charge in [0.15, 0.2) is 0 Å². The summed E-state index contributed by atoms with van der Waals surface area (Å²) in [7, 11) is 0. The Morgan fingerprint density at radius 3 is 2.52 bits per heavy atom. The molecule has 6 rings (SSSR count). The fraction of sp³-hybridized carbons (Fsp3) is 0.500. The molecular formula is C34H40ClN3O2. The van der Waals surface area contributed by atoms with Crippen molar-refractivity contribution < 1.29 is 9.53 Å². The summed E-state index contributed by atoms with van der Waals surface area (Å²) in [5.74, 6) is 5.54. The average molecular weight is 558 g/mol. The number of nitrogens with zero attached hydrogens (tertiary/aromatic N) is 1. The first-order chi connectivity index (χ1) is 19.3. The molecule has 2 fully saturated rings. The van der Waals surface area contributed by atoms with Crippen LogP contribution in [0.15, 0.2) is 42.5 Å². The van der Waals surface area contributed by atoms with Crippen LogP contribution in [0.5, 0.6) is 5.75 Å². The lowest BCUT2D eigenvalue weighted by Gasteiger charge is -2.51. The lowest BCUT2D eigenvalue weighted by Crippen LogP contribution is -2.50. The van der Waals surface area contributed by atoms with E-state index in [1.807, 2.05) is 17.0 Å². The number of carbonyl (C=O) groups is 1. The maximum atomic E-state index is 13.2. The molecule has 3 aliphatic rings. The summed E-state index contributed by atoms with van der Waals surface area (Å²) in [6, 6.07) is 14.6. The molecule has 1 aromatic heterocycles. The van der Waals surface area contributed by atoms with Gasteiger partial charge in [0, 0.05) is 33.9 Å². The molecule has 0 radical (unpaired) electrons. The van der Waals surface area contributed by atoms with Crippen LogP contribution in [-0.2, 0) is 11.2 Å². The number of anilines is 1. The van der Waals surface area contributed by atoms with E-state index in [4.69, 9.17) is 22.8 Å². The zero-order valence-corrected chi connectivity index (χ0v) is 24.6. The van der Waals surface area contributed by atoms with Gasteiger partial charge in [0.2, 0.25) is 5.91 Å². The smallest absolute Gasteiger partial charge is 0.238 e. The first-order valence-electron chi connectivity index (χ1n) is 14.7. The van der Waals surface area contributed by atoms with Crippen LogP contribution in [0.3, 0.4) is 0 Å². The Bertz CT molecular complexity index is 1420. The Kier molecular flexibility index (Phi) is 7.25. The zero-order chi connectivity index (χ0) is 28.0. The van der Waals surface area contributed by atoms with E-state index in [-0.39, 0.29) is 36.0 Å². The molecule has 2 saturated carbocycles. The Hall–Kier alpha value is -3.10. The number of amides is 1. The number of ether oxygens (including phenoxy) is 1. The normalized spacial score (nSPS) is 29.5. The number of nitrogens with one attached hydrogen (secondary N) is 2. The number of aromatic amines is 1. The first-order valence-corrected chi connectivity index (χ1v) is 15.3. The van der Waals surface area contributed by atoms with Crippen molar-refractivity contribution in [1.29, 1.82) is 0 Å². The molecule has 2 aliphatic carbocycles. The summed E-state index contributed by atoms with van der Waals surface area (Å²) in [4.78, 5) is 18.8. The quantitative estimate of drug-likeness (QED) is 0.247. The van der Waals surface area contributed by atoms with E-state index in [0.29, 0.717) is 0 Å². The molecular weight excluding hydrogens is 518 g/mol. The van der Waals surface area contributed by atoms with Gasteiger partial charge in [-0.15, -0.1) is 18.0 Å². The van der Waals surface area contributed by atoms with Gasteiger partial charge in [0.25, 0.3) is 0 Å². The van der Waals surface area contributed by atoms with E-state index in [2.05, 4.69) is 67.3 Å². The van der Waals surface area contributed by atoms with Crippen molar-refractivity contribution in [2.24, 2.45) is 17.8 Å². The second-order valence-electron chi connectivity index (χ2n) is 12.8. The highest BCUT2D eigenvalue weighted by Gasteiger charge is 2.44. The summed E-state index contributed by atoms with van der Waals surface area (Å²) < 4.78 is 5.72. The SMILES string of the molecule is C#CCOc1ccc2[nH]c3c(c2c1)C[C@H](C)N(C(=O)CCl)[C@H]3c1ccc(NC23CC(C)CC(CC(C)C2)C3)cc1. The van der Waals surface area contributed by atoms with Crippen LogP contribution in [-0.4, -0.2) is 39.9 Å². The van der Waals surface area contributed by atoms with Gasteiger partial charge < -0.3 is 19.9 Å². The number of hydrogen-bond donors (Lipinski definition) is 2. The number of H-pyrrole nitrogens is 1. The van der Waals surface area contributed by atoms with E-state index < -0.39 is 0 Å². The molecule has 2 bridgehead atoms. The van der Waals surface area contributed by atoms with Gasteiger partial charge in [-0.25, -0.2) is 0 Å². The fourth-order valence-corrected chi connectivity index (χ4v) is 8.54. The number of benzene rings is 2. The lowest BCUT2D eigenvalue weighted by molar-refractivity contribution is -0.133. The molecule has 6 heteroatoms. The van der Waals surface area contributed by atoms with Crippen LogP contribution in [0.2, 0.25) is 0 Å². The highest BCUT2D eigenvalue weighted by atomic mass is 35.5. The molecule has 2 aromatic carbocycles. The number of terminal acetylenes is 1. The molecule has 2 heterocycles. The van der Waals surface area contributed by atoms with Crippen molar-refractivity contribution in [1.82, 2.24) is 9.88 Å². The Morgan fingerprint density at radius 2 is 1.85 bits per heavy atom. The monoisotopic (exact) mass is 557 g/mol. The third-order valence-corrected chi connectivity index (χ3v) is 9.65. The molecule has 2 unspecified atom stereocenters. The summed E-state index contributed by atoms with van der Waals surface area (Å²) >= 11 is 6.14. The van der Waals surface area contributed by atoms with Crippen LogP contribution in [0.1, 0.15) is 75.7 Å². The minimum atomic E-state index is -0.242. The van der Waals surface area contributed by atoms with Crippen molar-refractivity contribution in [2.75, 3.05) is 17.8 Å². The van der Waals surface area contributed by atoms with E-state index in [0.717, 1.165) is 57.8 Å². The van der Waals surface area contributed by atoms with Crippen LogP contribution >= 0.6 is 11.6 Å². The molecule has 3 aromatic rings. The van der Waals surface area contributed by atoms with E-state index in [1.165, 1.54) is 37.7 Å². The molecule has 40 heavy (non-hydrogen) atoms. The Balaban J connectivity index is 1.35. The second kappa shape index (κ2) is 10.7. The minimum absolute atomic E-state index is 0.000824. The summed E-state index contributed by atoms with van der Waals surface area (Å²) in [5, 5.41) is 5.11. The average Bonchev–Trinajstić information content (AvgIpc) is 3.27. The fourth-order valence-electron chi connectivity index (χ4n) is 8.40. The molecule has 5 nitrogen and oxygen atoms in total. The molecule has 210 valence electrons. The van der Waals surface area contributed by atoms with Crippen LogP contribution in [0.4, 0.5) is 5.69 Å². The number of aromatic nitrogens is 1. The zero-order valence-electron chi connectivity index (χ0n) is 23.8. The maximum Gasteiger partial charge on any atom is 0.238 e. The predicted molar refractivity (Wildman–Crippen MR) is 163 cm³/mol. The molecule has 2 N–H and O–H groups in total. The maximum absolute atomic E-state index is 13.2. The highest BCUT2D eigenvalue weighted by Crippen LogP contribution is 2.49. The predicted octanol–water partition coefficient (Wildman–Crippen LogP) is 7.30. The minimum Gasteiger partial charge on any atom is -0.481 e. The molecule has 0 saturated heterocycles. The van der Waals surface area contributed by atoms with E-state index in [9.17, 15) is 4.79 Å². The number of rotatable bonds is 6. The molecule has 1 amide bonds. The number of fused-ring (bicyclic) bond motifs is 5. The first kappa shape index (κ1) is 27.1. The Morgan fingerprint density at radius 1 is 1.12 bits per heavy atom. The van der Waals surface area contributed by atoms with Gasteiger partial charge in [0.05, 0.1) is 6.04 Å². The largest absolute Gasteiger partial charge is 0.481 e. The van der Waals surface area contributed by atoms with E-state index in [1.54, 1.807) is 0 Å². The standard InChI is InChI=1S/C34H40ClN3O2/c1-5-12-40-27-10-11-30-28(16-27)29-15-23(4)38(31(39)20-35)33(32(29)36-30)25-6-8-26(9-7-25)37-34-17-21(2)13-24(19-34)14-22(3)18-34/h1,6-11,16,21-24,33,36-37H,12-15,17-20H2,2-4H3/t21?,22?,23-,24?,33-,34?/m0/s1. The number of halogens is 1. The van der Waals surface area contributed by atoms with Gasteiger partial charge in [-0.05, 0) is 105 Å². The number of alkyl halides is 1. The van der Waals surface area contributed by atoms with Gasteiger partial charge in [0.1, 0.15) is 18.2 Å². The summed E-state index contributed by atoms with van der Waals surface area (Å²) in [5.41, 5.74) is 5.72. The Labute approximate surface area is 243 Å². The van der Waals surface area contributed by atoms with Gasteiger partial charge in [-0.3, -0.25) is 4.79 Å². The van der Waals surface area contributed by atoms with Gasteiger partial charge >= 0.3 is 0 Å². The third kappa shape index (κ3) is 4.96. The van der Waals surface area contributed by atoms with Crippen LogP contribution in [0, 0.1) is 30.1 Å². The van der Waals surface area contributed by atoms with Crippen molar-refractivity contribution in [3.63, 3.8) is 0 Å². The lowest BCUT2D eigenvalue weighted by atomic mass is 9.61. The van der Waals surface area contributed by atoms with Gasteiger partial charge in [-0.2, -0.15) is 0 Å². The van der Waals surface area contributed by atoms with Crippen molar-refractivity contribution in [2.45, 2.75) is 76.9 Å². The second-order valence-corrected chi connectivity index (χ2v) is 13.1. The number of carbonyl (C=O) groups excluding carboxylic acids is 1. The molecule has 1 aliphatic heterocycles. The third-order valence-electron chi connectivity index (χ3n) is 9.43. The van der Waals surface area contributed by atoms with Gasteiger partial charge in [-0.1, -0.05) is 31.9 Å². The highest BCUT2D eigenvalue weighted by molar-refractivity contribution is 6.27. The molecule has 0 spiro atoms. The van der Waals surface area contributed by atoms with Crippen molar-refractivity contribution in [3.05, 3.63) is 59.3 Å². The van der Waals surface area contributed by atoms with Crippen molar-refractivity contribution in [3.8, 4) is 18.1 Å². The summed E-state index contributed by atoms with van der Waals surface area (Å²) in [6.07, 6.45) is 12.6. The van der Waals surface area contributed by atoms with Crippen LogP contribution in [0.25, 0.3) is 10.9 Å². The topological polar surface area (TPSA) is 57.4 Å². The van der Waals surface area contributed by atoms with Crippen LogP contribution < -0.4 is 10.1 Å². The molecule has 4 atom stereocenters. The number of hydrogen-bond acceptors (Lipinski definition) is 3. The van der Waals surface area contributed by atoms with E-state index >= 15 is 0 Å².